The van der Waals surface area contributed by atoms with Crippen molar-refractivity contribution in [1.82, 2.24) is 9.13 Å². The molecule has 27 nitrogen and oxygen atoms in total. The van der Waals surface area contributed by atoms with Gasteiger partial charge in [0.25, 0.3) is 72.5 Å². The Morgan fingerprint density at radius 2 is 0.676 bits per heavy atom. The maximum absolute atomic E-state index is 13.6. The Morgan fingerprint density at radius 1 is 0.365 bits per heavy atom. The summed E-state index contributed by atoms with van der Waals surface area (Å²) in [4.78, 5) is 33.6. The molecule has 74 heavy (non-hydrogen) atoms. The molecule has 0 saturated heterocycles. The van der Waals surface area contributed by atoms with Gasteiger partial charge in [-0.15, -0.1) is 0 Å². The molecule has 2 heterocycles. The molecule has 388 valence electrons. The van der Waals surface area contributed by atoms with Crippen LogP contribution in [-0.4, -0.2) is 105 Å². The number of fused-ring (bicyclic) bond motifs is 4. The van der Waals surface area contributed by atoms with E-state index in [1.165, 1.54) is 71.8 Å². The molecule has 4 amide bonds. The van der Waals surface area contributed by atoms with Crippen LogP contribution < -0.4 is 21.3 Å². The number of anilines is 4. The summed E-state index contributed by atoms with van der Waals surface area (Å²) < 4.78 is 208. The molecule has 0 spiro atoms. The summed E-state index contributed by atoms with van der Waals surface area (Å²) in [5, 5.41) is 7.87. The minimum Gasteiger partial charge on any atom is -0.340 e. The third-order valence-corrected chi connectivity index (χ3v) is 16.5. The first kappa shape index (κ1) is 52.9. The molecular formula is C41H32N6O21S6. The maximum Gasteiger partial charge on any atom is 0.323 e. The van der Waals surface area contributed by atoms with Gasteiger partial charge < -0.3 is 30.4 Å². The summed E-state index contributed by atoms with van der Waals surface area (Å²) >= 11 is 0. The predicted molar refractivity (Wildman–Crippen MR) is 261 cm³/mol. The van der Waals surface area contributed by atoms with Gasteiger partial charge in [0, 0.05) is 80.2 Å². The fraction of sp³-hybridized carbons (Fsp3) is 0.0488. The van der Waals surface area contributed by atoms with Crippen LogP contribution in [0.1, 0.15) is 21.0 Å². The van der Waals surface area contributed by atoms with Crippen molar-refractivity contribution in [2.75, 3.05) is 21.3 Å². The largest absolute Gasteiger partial charge is 0.340 e. The van der Waals surface area contributed by atoms with Gasteiger partial charge in [-0.05, 0) is 97.1 Å². The first-order valence-electron chi connectivity index (χ1n) is 20.0. The van der Waals surface area contributed by atoms with Crippen molar-refractivity contribution in [2.24, 2.45) is 14.1 Å². The molecule has 0 saturated carbocycles. The first-order chi connectivity index (χ1) is 34.0. The molecule has 0 atom stereocenters. The SMILES string of the molecule is Cn1c(C(=O)Nc2cc(S(=O)(=O)O)c3cc(S(=O)(=O)O)cc(S(=O)(=O)O)c3c2)cc2cc(NC(=O)Nc3ccc4c(c3)cc(C(=O)Nc3cc(S(=O)(=O)O)c5cc(S(=O)(=O)O)cc(S(=O)(=O)O)c5c3)n4C)ccc21. The van der Waals surface area contributed by atoms with E-state index in [9.17, 15) is 92.2 Å². The second kappa shape index (κ2) is 17.9. The third kappa shape index (κ3) is 10.4. The Labute approximate surface area is 416 Å². The zero-order valence-corrected chi connectivity index (χ0v) is 41.8. The Balaban J connectivity index is 1.02. The van der Waals surface area contributed by atoms with Crippen LogP contribution >= 0.6 is 0 Å². The van der Waals surface area contributed by atoms with Crippen molar-refractivity contribution >= 4 is 145 Å². The maximum atomic E-state index is 13.6. The van der Waals surface area contributed by atoms with Crippen molar-refractivity contribution in [2.45, 2.75) is 29.4 Å². The van der Waals surface area contributed by atoms with Crippen LogP contribution in [0.25, 0.3) is 43.4 Å². The van der Waals surface area contributed by atoms with Crippen LogP contribution in [0.15, 0.2) is 126 Å². The lowest BCUT2D eigenvalue weighted by Gasteiger charge is -2.13. The van der Waals surface area contributed by atoms with Crippen molar-refractivity contribution in [3.05, 3.63) is 108 Å². The minimum atomic E-state index is -5.33. The molecule has 0 aliphatic heterocycles. The molecule has 0 aliphatic carbocycles. The number of benzene rings is 6. The summed E-state index contributed by atoms with van der Waals surface area (Å²) in [5.74, 6) is -1.85. The van der Waals surface area contributed by atoms with E-state index in [1.807, 2.05) is 0 Å². The van der Waals surface area contributed by atoms with Crippen LogP contribution in [0.4, 0.5) is 27.5 Å². The van der Waals surface area contributed by atoms with Gasteiger partial charge in [0.1, 0.15) is 31.0 Å². The molecule has 0 bridgehead atoms. The van der Waals surface area contributed by atoms with Crippen LogP contribution in [0.3, 0.4) is 0 Å². The molecule has 8 aromatic rings. The second-order valence-electron chi connectivity index (χ2n) is 16.0. The Kier molecular flexibility index (Phi) is 12.8. The Bertz CT molecular complexity index is 4280. The highest BCUT2D eigenvalue weighted by Crippen LogP contribution is 2.37. The quantitative estimate of drug-likeness (QED) is 0.0747. The highest BCUT2D eigenvalue weighted by molar-refractivity contribution is 7.88. The van der Waals surface area contributed by atoms with Crippen molar-refractivity contribution in [3.8, 4) is 0 Å². The Hall–Kier alpha value is -7.41. The zero-order valence-electron chi connectivity index (χ0n) is 36.9. The fourth-order valence-corrected chi connectivity index (χ4v) is 12.1. The van der Waals surface area contributed by atoms with Gasteiger partial charge in [-0.1, -0.05) is 0 Å². The lowest BCUT2D eigenvalue weighted by Crippen LogP contribution is -2.19. The number of amides is 4. The number of aromatic nitrogens is 2. The van der Waals surface area contributed by atoms with Crippen molar-refractivity contribution in [3.63, 3.8) is 0 Å². The number of rotatable bonds is 12. The smallest absolute Gasteiger partial charge is 0.323 e. The lowest BCUT2D eigenvalue weighted by molar-refractivity contribution is 0.101. The molecule has 6 aromatic carbocycles. The van der Waals surface area contributed by atoms with Crippen molar-refractivity contribution < 1.29 is 92.2 Å². The summed E-state index contributed by atoms with van der Waals surface area (Å²) in [6.07, 6.45) is 0. The number of nitrogens with zero attached hydrogens (tertiary/aromatic N) is 2. The standard InChI is InChI=1S/C41H32N6O21S6/c1-46-31-5-3-21(7-19(31)9-33(46)39(48)42-23-11-27-29(35(13-23)71(57,58)59)15-25(69(51,52)53)17-37(27)73(63,64)65)44-41(50)45-22-4-6-32-20(8-22)10-34(47(32)2)40(49)43-24-12-28-30(36(14-24)72(60,61)62)16-26(70(54,55)56)18-38(28)74(66,67)68/h3-18H,1-2H3,(H,42,48)(H,43,49)(H2,44,45,50)(H,51,52,53)(H,54,55,56)(H,57,58,59)(H,60,61,62)(H,63,64,65)(H,66,67,68). The van der Waals surface area contributed by atoms with Gasteiger partial charge in [-0.25, -0.2) is 4.79 Å². The molecule has 0 fully saturated rings. The first-order valence-corrected chi connectivity index (χ1v) is 28.6. The van der Waals surface area contributed by atoms with Gasteiger partial charge in [0.05, 0.1) is 9.79 Å². The van der Waals surface area contributed by atoms with Gasteiger partial charge in [0.15, 0.2) is 0 Å². The van der Waals surface area contributed by atoms with Crippen LogP contribution in [0, 0.1) is 0 Å². The van der Waals surface area contributed by atoms with E-state index < -0.39 is 141 Å². The van der Waals surface area contributed by atoms with E-state index >= 15 is 0 Å². The number of urea groups is 1. The van der Waals surface area contributed by atoms with E-state index in [-0.39, 0.29) is 22.8 Å². The summed E-state index contributed by atoms with van der Waals surface area (Å²) in [6, 6.07) is 15.7. The summed E-state index contributed by atoms with van der Waals surface area (Å²) in [6.45, 7) is 0. The van der Waals surface area contributed by atoms with E-state index in [0.717, 1.165) is 12.1 Å². The van der Waals surface area contributed by atoms with E-state index in [0.29, 0.717) is 58.2 Å². The lowest BCUT2D eigenvalue weighted by atomic mass is 10.1. The monoisotopic (exact) mass is 1140 g/mol. The predicted octanol–water partition coefficient (Wildman–Crippen LogP) is 4.61. The fourth-order valence-electron chi connectivity index (χ4n) is 8.01. The van der Waals surface area contributed by atoms with Crippen LogP contribution in [0.5, 0.6) is 0 Å². The average Bonchev–Trinajstić information content (AvgIpc) is 3.77. The molecule has 0 unspecified atom stereocenters. The molecule has 33 heteroatoms. The molecule has 8 rings (SSSR count). The van der Waals surface area contributed by atoms with E-state index in [2.05, 4.69) is 21.3 Å². The molecule has 0 aliphatic rings. The third-order valence-electron chi connectivity index (χ3n) is 11.2. The average molecular weight is 1140 g/mol. The number of nitrogens with one attached hydrogen (secondary N) is 4. The van der Waals surface area contributed by atoms with Gasteiger partial charge in [0.2, 0.25) is 0 Å². The summed E-state index contributed by atoms with van der Waals surface area (Å²) in [5.41, 5.74) is 0.198. The molecule has 2 aromatic heterocycles. The van der Waals surface area contributed by atoms with Gasteiger partial charge in [-0.2, -0.15) is 50.5 Å². The number of aryl methyl sites for hydroxylation is 2. The van der Waals surface area contributed by atoms with Crippen LogP contribution in [0.2, 0.25) is 0 Å². The van der Waals surface area contributed by atoms with Gasteiger partial charge >= 0.3 is 6.03 Å². The van der Waals surface area contributed by atoms with Gasteiger partial charge in [-0.3, -0.25) is 36.9 Å². The number of carbonyl (C=O) groups is 3. The van der Waals surface area contributed by atoms with Crippen LogP contribution in [-0.2, 0) is 74.8 Å². The topological polar surface area (TPSA) is 435 Å². The second-order valence-corrected chi connectivity index (χ2v) is 24.4. The summed E-state index contributed by atoms with van der Waals surface area (Å²) in [7, 11) is -28.7. The van der Waals surface area contributed by atoms with Crippen molar-refractivity contribution in [1.29, 1.82) is 0 Å². The number of carbonyl (C=O) groups excluding carboxylic acids is 3. The highest BCUT2D eigenvalue weighted by Gasteiger charge is 2.29. The molecule has 10 N–H and O–H groups in total. The normalized spacial score (nSPS) is 12.9. The number of hydrogen-bond donors (Lipinski definition) is 10. The Morgan fingerprint density at radius 3 is 0.986 bits per heavy atom. The minimum absolute atomic E-state index is 0.0840. The number of hydrogen-bond acceptors (Lipinski definition) is 15. The molecule has 0 radical (unpaired) electrons. The zero-order chi connectivity index (χ0) is 54.6. The molecular weight excluding hydrogens is 1100 g/mol. The van der Waals surface area contributed by atoms with E-state index in [1.54, 1.807) is 0 Å². The van der Waals surface area contributed by atoms with E-state index in [4.69, 9.17) is 0 Å². The highest BCUT2D eigenvalue weighted by atomic mass is 32.2.